The van der Waals surface area contributed by atoms with Gasteiger partial charge in [-0.15, -0.1) is 0 Å². The van der Waals surface area contributed by atoms with Gasteiger partial charge in [-0.2, -0.15) is 0 Å². The molecule has 0 amide bonds. The van der Waals surface area contributed by atoms with Crippen LogP contribution in [0.15, 0.2) is 24.3 Å². The Hall–Kier alpha value is -1.71. The van der Waals surface area contributed by atoms with Gasteiger partial charge in [0.2, 0.25) is 0 Å². The van der Waals surface area contributed by atoms with Crippen LogP contribution in [0.3, 0.4) is 0 Å². The van der Waals surface area contributed by atoms with Crippen molar-refractivity contribution in [1.29, 1.82) is 0 Å². The molecule has 2 unspecified atom stereocenters. The summed E-state index contributed by atoms with van der Waals surface area (Å²) in [7, 11) is 0. The Morgan fingerprint density at radius 2 is 1.73 bits per heavy atom. The van der Waals surface area contributed by atoms with E-state index in [9.17, 15) is 5.11 Å². The van der Waals surface area contributed by atoms with Crippen molar-refractivity contribution >= 4 is 0 Å². The molecule has 0 bridgehead atoms. The van der Waals surface area contributed by atoms with E-state index >= 15 is 0 Å². The SMILES string of the molecule is Cc1ccc(C2OC3(CCCC3)c3c4c(nc(C(C)C)c32)CC(C)(C)CC4O)cc1. The van der Waals surface area contributed by atoms with E-state index in [2.05, 4.69) is 58.9 Å². The standard InChI is InChI=1S/C27H35NO2/c1-16(2)24-22-23(21-19(28-24)14-26(4,5)15-20(21)29)27(12-6-7-13-27)30-25(22)18-10-8-17(3)9-11-18/h8-11,16,20,25,29H,6-7,12-15H2,1-5H3. The van der Waals surface area contributed by atoms with Gasteiger partial charge in [-0.25, -0.2) is 0 Å². The first-order valence-corrected chi connectivity index (χ1v) is 11.7. The lowest BCUT2D eigenvalue weighted by atomic mass is 9.70. The average Bonchev–Trinajstić information content (AvgIpc) is 3.26. The van der Waals surface area contributed by atoms with E-state index in [0.717, 1.165) is 36.9 Å². The number of aryl methyl sites for hydroxylation is 1. The number of hydrogen-bond acceptors (Lipinski definition) is 3. The van der Waals surface area contributed by atoms with Crippen LogP contribution in [0.2, 0.25) is 0 Å². The van der Waals surface area contributed by atoms with Crippen LogP contribution >= 0.6 is 0 Å². The second kappa shape index (κ2) is 6.90. The Morgan fingerprint density at radius 1 is 1.07 bits per heavy atom. The zero-order chi connectivity index (χ0) is 21.3. The molecule has 1 saturated carbocycles. The van der Waals surface area contributed by atoms with E-state index < -0.39 is 6.10 Å². The summed E-state index contributed by atoms with van der Waals surface area (Å²) in [6.45, 7) is 11.1. The van der Waals surface area contributed by atoms with E-state index in [1.54, 1.807) is 0 Å². The largest absolute Gasteiger partial charge is 0.388 e. The number of aliphatic hydroxyl groups excluding tert-OH is 1. The number of aromatic nitrogens is 1. The molecule has 2 aliphatic carbocycles. The van der Waals surface area contributed by atoms with Gasteiger partial charge in [-0.1, -0.05) is 70.4 Å². The van der Waals surface area contributed by atoms with Crippen LogP contribution in [0.5, 0.6) is 0 Å². The van der Waals surface area contributed by atoms with E-state index in [1.165, 1.54) is 40.8 Å². The first kappa shape index (κ1) is 20.2. The minimum Gasteiger partial charge on any atom is -0.388 e. The summed E-state index contributed by atoms with van der Waals surface area (Å²) in [5.74, 6) is 0.319. The minimum atomic E-state index is -0.455. The molecule has 160 valence electrons. The summed E-state index contributed by atoms with van der Waals surface area (Å²) in [6, 6.07) is 8.77. The van der Waals surface area contributed by atoms with Crippen molar-refractivity contribution in [2.75, 3.05) is 0 Å². The van der Waals surface area contributed by atoms with Crippen molar-refractivity contribution in [2.45, 2.75) is 96.9 Å². The van der Waals surface area contributed by atoms with Crippen molar-refractivity contribution in [3.8, 4) is 0 Å². The highest BCUT2D eigenvalue weighted by atomic mass is 16.5. The van der Waals surface area contributed by atoms with Crippen molar-refractivity contribution in [1.82, 2.24) is 4.98 Å². The lowest BCUT2D eigenvalue weighted by molar-refractivity contribution is -0.0580. The van der Waals surface area contributed by atoms with Gasteiger partial charge in [-0.05, 0) is 55.1 Å². The van der Waals surface area contributed by atoms with E-state index in [0.29, 0.717) is 5.92 Å². The van der Waals surface area contributed by atoms with Crippen molar-refractivity contribution in [3.05, 3.63) is 63.5 Å². The number of nitrogens with zero attached hydrogens (tertiary/aromatic N) is 1. The number of rotatable bonds is 2. The van der Waals surface area contributed by atoms with Crippen LogP contribution in [-0.2, 0) is 16.8 Å². The highest BCUT2D eigenvalue weighted by Crippen LogP contribution is 2.59. The fraction of sp³-hybridized carbons (Fsp3) is 0.593. The normalized spacial score (nSPS) is 26.2. The predicted molar refractivity (Wildman–Crippen MR) is 120 cm³/mol. The number of benzene rings is 1. The van der Waals surface area contributed by atoms with Crippen LogP contribution in [0.25, 0.3) is 0 Å². The Morgan fingerprint density at radius 3 is 2.37 bits per heavy atom. The molecule has 1 aromatic heterocycles. The molecular weight excluding hydrogens is 370 g/mol. The molecule has 1 fully saturated rings. The fourth-order valence-corrected chi connectivity index (χ4v) is 6.16. The number of pyridine rings is 1. The molecule has 5 rings (SSSR count). The van der Waals surface area contributed by atoms with Crippen LogP contribution in [-0.4, -0.2) is 10.1 Å². The summed E-state index contributed by atoms with van der Waals surface area (Å²) in [6.07, 6.45) is 5.66. The molecule has 0 radical (unpaired) electrons. The van der Waals surface area contributed by atoms with Gasteiger partial charge in [0.15, 0.2) is 0 Å². The lowest BCUT2D eigenvalue weighted by Crippen LogP contribution is -2.32. The lowest BCUT2D eigenvalue weighted by Gasteiger charge is -2.38. The third-order valence-electron chi connectivity index (χ3n) is 7.51. The Labute approximate surface area is 180 Å². The Kier molecular flexibility index (Phi) is 4.65. The molecule has 2 aromatic rings. The summed E-state index contributed by atoms with van der Waals surface area (Å²) >= 11 is 0. The molecule has 1 N–H and O–H groups in total. The highest BCUT2D eigenvalue weighted by molar-refractivity contribution is 5.54. The van der Waals surface area contributed by atoms with Gasteiger partial charge in [0.25, 0.3) is 0 Å². The fourth-order valence-electron chi connectivity index (χ4n) is 6.16. The second-order valence-corrected chi connectivity index (χ2v) is 11.0. The minimum absolute atomic E-state index is 0.0700. The molecule has 2 heterocycles. The molecule has 3 aliphatic rings. The van der Waals surface area contributed by atoms with Crippen LogP contribution in [0, 0.1) is 12.3 Å². The molecule has 1 spiro atoms. The average molecular weight is 406 g/mol. The smallest absolute Gasteiger partial charge is 0.111 e. The topological polar surface area (TPSA) is 42.4 Å². The van der Waals surface area contributed by atoms with Crippen molar-refractivity contribution in [3.63, 3.8) is 0 Å². The zero-order valence-corrected chi connectivity index (χ0v) is 19.1. The Balaban J connectivity index is 1.79. The molecule has 30 heavy (non-hydrogen) atoms. The van der Waals surface area contributed by atoms with Gasteiger partial charge in [0, 0.05) is 22.5 Å². The maximum absolute atomic E-state index is 11.3. The maximum Gasteiger partial charge on any atom is 0.111 e. The Bertz CT molecular complexity index is 967. The van der Waals surface area contributed by atoms with Crippen molar-refractivity contribution < 1.29 is 9.84 Å². The molecule has 3 heteroatoms. The van der Waals surface area contributed by atoms with E-state index in [-0.39, 0.29) is 17.1 Å². The molecular formula is C27H35NO2. The number of aliphatic hydroxyl groups is 1. The van der Waals surface area contributed by atoms with Crippen LogP contribution < -0.4 is 0 Å². The van der Waals surface area contributed by atoms with Gasteiger partial charge < -0.3 is 9.84 Å². The summed E-state index contributed by atoms with van der Waals surface area (Å²) in [5, 5.41) is 11.3. The first-order chi connectivity index (χ1) is 14.2. The van der Waals surface area contributed by atoms with Gasteiger partial charge in [-0.3, -0.25) is 4.98 Å². The molecule has 1 aromatic carbocycles. The quantitative estimate of drug-likeness (QED) is 0.628. The second-order valence-electron chi connectivity index (χ2n) is 11.0. The first-order valence-electron chi connectivity index (χ1n) is 11.7. The third-order valence-corrected chi connectivity index (χ3v) is 7.51. The summed E-state index contributed by atoms with van der Waals surface area (Å²) in [5.41, 5.74) is 8.23. The van der Waals surface area contributed by atoms with Crippen LogP contribution in [0.4, 0.5) is 0 Å². The van der Waals surface area contributed by atoms with Gasteiger partial charge in [0.05, 0.1) is 11.7 Å². The third kappa shape index (κ3) is 3.05. The molecule has 2 atom stereocenters. The number of hydrogen-bond donors (Lipinski definition) is 1. The molecule has 0 saturated heterocycles. The van der Waals surface area contributed by atoms with E-state index in [1.807, 2.05) is 0 Å². The van der Waals surface area contributed by atoms with Gasteiger partial charge >= 0.3 is 0 Å². The molecule has 1 aliphatic heterocycles. The summed E-state index contributed by atoms with van der Waals surface area (Å²) in [4.78, 5) is 5.24. The molecule has 3 nitrogen and oxygen atoms in total. The predicted octanol–water partition coefficient (Wildman–Crippen LogP) is 6.41. The monoisotopic (exact) mass is 405 g/mol. The van der Waals surface area contributed by atoms with Crippen molar-refractivity contribution in [2.24, 2.45) is 5.41 Å². The van der Waals surface area contributed by atoms with Crippen LogP contribution in [0.1, 0.15) is 117 Å². The van der Waals surface area contributed by atoms with E-state index in [4.69, 9.17) is 9.72 Å². The number of fused-ring (bicyclic) bond motifs is 4. The zero-order valence-electron chi connectivity index (χ0n) is 19.1. The summed E-state index contributed by atoms with van der Waals surface area (Å²) < 4.78 is 7.01. The van der Waals surface area contributed by atoms with Gasteiger partial charge in [0.1, 0.15) is 6.10 Å². The maximum atomic E-state index is 11.3. The number of ether oxygens (including phenoxy) is 1. The highest BCUT2D eigenvalue weighted by Gasteiger charge is 2.52.